The van der Waals surface area contributed by atoms with Gasteiger partial charge in [-0.15, -0.1) is 0 Å². The Morgan fingerprint density at radius 2 is 2.05 bits per heavy atom. The third-order valence-corrected chi connectivity index (χ3v) is 2.57. The van der Waals surface area contributed by atoms with Gasteiger partial charge in [0, 0.05) is 26.0 Å². The minimum Gasteiger partial charge on any atom is -0.477 e. The van der Waals surface area contributed by atoms with Crippen LogP contribution < -0.4 is 0 Å². The number of carboxylic acids is 1. The van der Waals surface area contributed by atoms with Gasteiger partial charge in [0.1, 0.15) is 0 Å². The fraction of sp³-hybridized carbons (Fsp3) is 0.167. The summed E-state index contributed by atoms with van der Waals surface area (Å²) in [6, 6.07) is 3.57. The predicted molar refractivity (Wildman–Crippen MR) is 65.6 cm³/mol. The fourth-order valence-electron chi connectivity index (χ4n) is 1.63. The molecular weight excluding hydrogens is 248 g/mol. The molecule has 0 aromatic carbocycles. The summed E-state index contributed by atoms with van der Waals surface area (Å²) in [7, 11) is 1.59. The van der Waals surface area contributed by atoms with Crippen LogP contribution in [-0.4, -0.2) is 43.9 Å². The molecule has 0 bridgehead atoms. The van der Waals surface area contributed by atoms with E-state index in [4.69, 9.17) is 5.11 Å². The lowest BCUT2D eigenvalue weighted by Crippen LogP contribution is -2.28. The second-order valence-electron chi connectivity index (χ2n) is 3.95. The SMILES string of the molecule is CN(Cc1ccncc1)C(=O)c1nc[nH]c1C(=O)O. The smallest absolute Gasteiger partial charge is 0.354 e. The third kappa shape index (κ3) is 2.76. The van der Waals surface area contributed by atoms with E-state index in [0.29, 0.717) is 6.54 Å². The molecule has 0 unspecified atom stereocenters. The van der Waals surface area contributed by atoms with Gasteiger partial charge >= 0.3 is 5.97 Å². The van der Waals surface area contributed by atoms with Gasteiger partial charge in [-0.1, -0.05) is 0 Å². The maximum absolute atomic E-state index is 12.1. The van der Waals surface area contributed by atoms with Crippen LogP contribution >= 0.6 is 0 Å². The maximum Gasteiger partial charge on any atom is 0.354 e. The Morgan fingerprint density at radius 3 is 2.68 bits per heavy atom. The van der Waals surface area contributed by atoms with Crippen LogP contribution in [0.15, 0.2) is 30.9 Å². The Morgan fingerprint density at radius 1 is 1.37 bits per heavy atom. The van der Waals surface area contributed by atoms with Crippen molar-refractivity contribution in [3.63, 3.8) is 0 Å². The van der Waals surface area contributed by atoms with Crippen molar-refractivity contribution in [3.05, 3.63) is 47.8 Å². The molecule has 7 nitrogen and oxygen atoms in total. The quantitative estimate of drug-likeness (QED) is 0.846. The van der Waals surface area contributed by atoms with E-state index in [-0.39, 0.29) is 11.4 Å². The number of pyridine rings is 1. The van der Waals surface area contributed by atoms with E-state index in [0.717, 1.165) is 5.56 Å². The van der Waals surface area contributed by atoms with Crippen molar-refractivity contribution in [2.24, 2.45) is 0 Å². The average molecular weight is 260 g/mol. The summed E-state index contributed by atoms with van der Waals surface area (Å²) < 4.78 is 0. The lowest BCUT2D eigenvalue weighted by atomic mass is 10.2. The Balaban J connectivity index is 2.15. The second-order valence-corrected chi connectivity index (χ2v) is 3.95. The standard InChI is InChI=1S/C12H12N4O3/c1-16(6-8-2-4-13-5-3-8)11(17)9-10(12(18)19)15-7-14-9/h2-5,7H,6H2,1H3,(H,14,15)(H,18,19). The van der Waals surface area contributed by atoms with Crippen molar-refractivity contribution >= 4 is 11.9 Å². The minimum absolute atomic E-state index is 0.0935. The molecule has 2 aromatic rings. The number of carboxylic acid groups (broad SMARTS) is 1. The van der Waals surface area contributed by atoms with Gasteiger partial charge < -0.3 is 15.0 Å². The molecule has 2 rings (SSSR count). The van der Waals surface area contributed by atoms with Crippen LogP contribution in [0.2, 0.25) is 0 Å². The number of imidazole rings is 1. The van der Waals surface area contributed by atoms with Crippen molar-refractivity contribution in [1.29, 1.82) is 0 Å². The molecule has 1 amide bonds. The first-order chi connectivity index (χ1) is 9.09. The zero-order valence-corrected chi connectivity index (χ0v) is 10.2. The molecule has 98 valence electrons. The molecule has 7 heteroatoms. The molecule has 0 saturated heterocycles. The van der Waals surface area contributed by atoms with Crippen LogP contribution in [-0.2, 0) is 6.54 Å². The summed E-state index contributed by atoms with van der Waals surface area (Å²) in [5, 5.41) is 8.92. The largest absolute Gasteiger partial charge is 0.477 e. The van der Waals surface area contributed by atoms with E-state index in [1.165, 1.54) is 11.2 Å². The zero-order valence-electron chi connectivity index (χ0n) is 10.2. The highest BCUT2D eigenvalue weighted by Crippen LogP contribution is 2.09. The number of aromatic amines is 1. The summed E-state index contributed by atoms with van der Waals surface area (Å²) in [6.07, 6.45) is 4.45. The molecule has 0 atom stereocenters. The predicted octanol–water partition coefficient (Wildman–Crippen LogP) is 0.775. The second kappa shape index (κ2) is 5.30. The van der Waals surface area contributed by atoms with Crippen LogP contribution in [0.4, 0.5) is 0 Å². The molecule has 2 heterocycles. The number of hydrogen-bond acceptors (Lipinski definition) is 4. The highest BCUT2D eigenvalue weighted by molar-refractivity contribution is 6.02. The molecule has 0 radical (unpaired) electrons. The fourth-order valence-corrected chi connectivity index (χ4v) is 1.63. The Kier molecular flexibility index (Phi) is 3.56. The molecule has 0 aliphatic rings. The first-order valence-corrected chi connectivity index (χ1v) is 5.50. The number of aromatic carboxylic acids is 1. The topological polar surface area (TPSA) is 99.2 Å². The number of carbonyl (C=O) groups excluding carboxylic acids is 1. The van der Waals surface area contributed by atoms with Crippen LogP contribution in [0.1, 0.15) is 26.5 Å². The van der Waals surface area contributed by atoms with Crippen molar-refractivity contribution in [3.8, 4) is 0 Å². The van der Waals surface area contributed by atoms with E-state index in [1.807, 2.05) is 0 Å². The van der Waals surface area contributed by atoms with Gasteiger partial charge in [0.2, 0.25) is 0 Å². The van der Waals surface area contributed by atoms with Crippen LogP contribution in [0.25, 0.3) is 0 Å². The lowest BCUT2D eigenvalue weighted by molar-refractivity contribution is 0.0674. The van der Waals surface area contributed by atoms with Crippen LogP contribution in [0, 0.1) is 0 Å². The maximum atomic E-state index is 12.1. The summed E-state index contributed by atoms with van der Waals surface area (Å²) in [5.74, 6) is -1.66. The normalized spacial score (nSPS) is 10.2. The van der Waals surface area contributed by atoms with E-state index in [1.54, 1.807) is 31.6 Å². The lowest BCUT2D eigenvalue weighted by Gasteiger charge is -2.16. The van der Waals surface area contributed by atoms with Gasteiger partial charge in [0.15, 0.2) is 11.4 Å². The van der Waals surface area contributed by atoms with E-state index in [9.17, 15) is 9.59 Å². The number of rotatable bonds is 4. The average Bonchev–Trinajstić information content (AvgIpc) is 2.88. The van der Waals surface area contributed by atoms with Gasteiger partial charge in [-0.25, -0.2) is 9.78 Å². The number of nitrogens with one attached hydrogen (secondary N) is 1. The monoisotopic (exact) mass is 260 g/mol. The number of hydrogen-bond donors (Lipinski definition) is 2. The van der Waals surface area contributed by atoms with Gasteiger partial charge in [-0.3, -0.25) is 9.78 Å². The van der Waals surface area contributed by atoms with Crippen molar-refractivity contribution in [2.45, 2.75) is 6.54 Å². The summed E-state index contributed by atoms with van der Waals surface area (Å²) in [6.45, 7) is 0.354. The zero-order chi connectivity index (χ0) is 13.8. The molecule has 0 fully saturated rings. The van der Waals surface area contributed by atoms with E-state index >= 15 is 0 Å². The molecule has 0 aliphatic carbocycles. The molecule has 2 aromatic heterocycles. The number of aromatic nitrogens is 3. The molecule has 2 N–H and O–H groups in total. The molecule has 0 saturated carbocycles. The summed E-state index contributed by atoms with van der Waals surface area (Å²) >= 11 is 0. The van der Waals surface area contributed by atoms with Gasteiger partial charge in [-0.05, 0) is 17.7 Å². The summed E-state index contributed by atoms with van der Waals surface area (Å²) in [4.78, 5) is 34.5. The molecular formula is C12H12N4O3. The third-order valence-electron chi connectivity index (χ3n) is 2.57. The van der Waals surface area contributed by atoms with Crippen LogP contribution in [0.5, 0.6) is 0 Å². The Hall–Kier alpha value is -2.70. The molecule has 0 aliphatic heterocycles. The molecule has 19 heavy (non-hydrogen) atoms. The Labute approximate surface area is 108 Å². The number of H-pyrrole nitrogens is 1. The van der Waals surface area contributed by atoms with E-state index in [2.05, 4.69) is 15.0 Å². The summed E-state index contributed by atoms with van der Waals surface area (Å²) in [5.41, 5.74) is 0.605. The van der Waals surface area contributed by atoms with Crippen molar-refractivity contribution in [1.82, 2.24) is 19.9 Å². The van der Waals surface area contributed by atoms with Crippen LogP contribution in [0.3, 0.4) is 0 Å². The Bertz CT molecular complexity index is 594. The van der Waals surface area contributed by atoms with Crippen molar-refractivity contribution < 1.29 is 14.7 Å². The first kappa shape index (κ1) is 12.7. The van der Waals surface area contributed by atoms with Crippen molar-refractivity contribution in [2.75, 3.05) is 7.05 Å². The highest BCUT2D eigenvalue weighted by atomic mass is 16.4. The number of nitrogens with zero attached hydrogens (tertiary/aromatic N) is 3. The van der Waals surface area contributed by atoms with Gasteiger partial charge in [0.25, 0.3) is 5.91 Å². The van der Waals surface area contributed by atoms with E-state index < -0.39 is 11.9 Å². The number of carbonyl (C=O) groups is 2. The molecule has 0 spiro atoms. The number of amides is 1. The first-order valence-electron chi connectivity index (χ1n) is 5.50. The highest BCUT2D eigenvalue weighted by Gasteiger charge is 2.22. The van der Waals surface area contributed by atoms with Gasteiger partial charge in [-0.2, -0.15) is 0 Å². The minimum atomic E-state index is -1.21. The van der Waals surface area contributed by atoms with Gasteiger partial charge in [0.05, 0.1) is 6.33 Å².